The minimum absolute atomic E-state index is 0.412. The van der Waals surface area contributed by atoms with Crippen LogP contribution in [0.4, 0.5) is 4.39 Å². The van der Waals surface area contributed by atoms with Gasteiger partial charge >= 0.3 is 5.97 Å². The number of hydrogen-bond acceptors (Lipinski definition) is 2. The van der Waals surface area contributed by atoms with Crippen LogP contribution in [-0.4, -0.2) is 17.6 Å². The molecule has 2 rings (SSSR count). The summed E-state index contributed by atoms with van der Waals surface area (Å²) in [6, 6.07) is 4.90. The Morgan fingerprint density at radius 1 is 1.40 bits per heavy atom. The van der Waals surface area contributed by atoms with Crippen LogP contribution in [0.2, 0.25) is 0 Å². The summed E-state index contributed by atoms with van der Waals surface area (Å²) in [6.45, 7) is 0.597. The van der Waals surface area contributed by atoms with Crippen molar-refractivity contribution in [1.29, 1.82) is 0 Å². The van der Waals surface area contributed by atoms with Gasteiger partial charge in [0.2, 0.25) is 0 Å². The Balaban J connectivity index is 1.93. The zero-order valence-electron chi connectivity index (χ0n) is 11.4. The van der Waals surface area contributed by atoms with Crippen molar-refractivity contribution in [3.8, 4) is 0 Å². The molecule has 0 amide bonds. The second-order valence-corrected chi connectivity index (χ2v) is 5.14. The first kappa shape index (κ1) is 14.7. The van der Waals surface area contributed by atoms with Crippen LogP contribution in [0.1, 0.15) is 43.7 Å². The first-order chi connectivity index (χ1) is 9.66. The average molecular weight is 277 g/mol. The molecule has 0 fully saturated rings. The van der Waals surface area contributed by atoms with Crippen molar-refractivity contribution in [2.75, 3.05) is 6.54 Å². The molecule has 1 aromatic rings. The second-order valence-electron chi connectivity index (χ2n) is 5.14. The summed E-state index contributed by atoms with van der Waals surface area (Å²) < 4.78 is 13.2. The summed E-state index contributed by atoms with van der Waals surface area (Å²) in [5, 5.41) is 12.3. The summed E-state index contributed by atoms with van der Waals surface area (Å²) in [7, 11) is 0. The predicted octanol–water partition coefficient (Wildman–Crippen LogP) is 3.43. The standard InChI is InChI=1S/C16H20FNO2/c17-14-8-4-7-13(11-14)15(16(19)20)18-10-9-12-5-2-1-3-6-12/h4-5,7-8,11,15,18H,1-3,6,9-10H2,(H,19,20). The Hall–Kier alpha value is -1.68. The van der Waals surface area contributed by atoms with Gasteiger partial charge in [-0.05, 0) is 56.3 Å². The fourth-order valence-corrected chi connectivity index (χ4v) is 2.54. The Morgan fingerprint density at radius 2 is 2.25 bits per heavy atom. The molecule has 0 saturated heterocycles. The van der Waals surface area contributed by atoms with E-state index in [-0.39, 0.29) is 0 Å². The van der Waals surface area contributed by atoms with Crippen molar-refractivity contribution in [1.82, 2.24) is 5.32 Å². The van der Waals surface area contributed by atoms with Crippen LogP contribution in [0.15, 0.2) is 35.9 Å². The Morgan fingerprint density at radius 3 is 2.90 bits per heavy atom. The van der Waals surface area contributed by atoms with Gasteiger partial charge in [0.15, 0.2) is 0 Å². The lowest BCUT2D eigenvalue weighted by Crippen LogP contribution is -2.29. The predicted molar refractivity (Wildman–Crippen MR) is 75.9 cm³/mol. The van der Waals surface area contributed by atoms with Crippen LogP contribution in [-0.2, 0) is 4.79 Å². The van der Waals surface area contributed by atoms with Crippen LogP contribution in [0.25, 0.3) is 0 Å². The maximum atomic E-state index is 13.2. The van der Waals surface area contributed by atoms with Gasteiger partial charge in [0.05, 0.1) is 0 Å². The normalized spacial score (nSPS) is 16.6. The van der Waals surface area contributed by atoms with Crippen LogP contribution >= 0.6 is 0 Å². The van der Waals surface area contributed by atoms with Gasteiger partial charge in [-0.2, -0.15) is 0 Å². The average Bonchev–Trinajstić information content (AvgIpc) is 2.44. The van der Waals surface area contributed by atoms with Crippen molar-refractivity contribution < 1.29 is 14.3 Å². The minimum atomic E-state index is -0.978. The fourth-order valence-electron chi connectivity index (χ4n) is 2.54. The van der Waals surface area contributed by atoms with E-state index in [9.17, 15) is 14.3 Å². The molecule has 108 valence electrons. The smallest absolute Gasteiger partial charge is 0.325 e. The SMILES string of the molecule is O=C(O)C(NCCC1=CCCCC1)c1cccc(F)c1. The van der Waals surface area contributed by atoms with Gasteiger partial charge in [0.25, 0.3) is 0 Å². The third-order valence-electron chi connectivity index (χ3n) is 3.61. The summed E-state index contributed by atoms with van der Waals surface area (Å²) in [6.07, 6.45) is 7.82. The van der Waals surface area contributed by atoms with E-state index in [4.69, 9.17) is 0 Å². The van der Waals surface area contributed by atoms with E-state index in [1.807, 2.05) is 0 Å². The minimum Gasteiger partial charge on any atom is -0.480 e. The lowest BCUT2D eigenvalue weighted by Gasteiger charge is -2.17. The zero-order valence-corrected chi connectivity index (χ0v) is 11.4. The van der Waals surface area contributed by atoms with Crippen LogP contribution < -0.4 is 5.32 Å². The number of nitrogens with one attached hydrogen (secondary N) is 1. The molecule has 0 aliphatic heterocycles. The second kappa shape index (κ2) is 7.20. The van der Waals surface area contributed by atoms with Crippen LogP contribution in [0.3, 0.4) is 0 Å². The molecule has 0 heterocycles. The molecule has 3 nitrogen and oxygen atoms in total. The molecule has 0 radical (unpaired) electrons. The summed E-state index contributed by atoms with van der Waals surface area (Å²) >= 11 is 0. The molecular formula is C16H20FNO2. The van der Waals surface area contributed by atoms with E-state index < -0.39 is 17.8 Å². The van der Waals surface area contributed by atoms with Gasteiger partial charge in [-0.25, -0.2) is 4.39 Å². The van der Waals surface area contributed by atoms with Gasteiger partial charge in [-0.1, -0.05) is 23.8 Å². The highest BCUT2D eigenvalue weighted by Gasteiger charge is 2.19. The first-order valence-corrected chi connectivity index (χ1v) is 7.06. The quantitative estimate of drug-likeness (QED) is 0.783. The van der Waals surface area contributed by atoms with E-state index >= 15 is 0 Å². The zero-order chi connectivity index (χ0) is 14.4. The molecule has 0 saturated carbocycles. The maximum Gasteiger partial charge on any atom is 0.325 e. The number of halogens is 1. The molecule has 2 N–H and O–H groups in total. The Bertz CT molecular complexity index is 499. The van der Waals surface area contributed by atoms with Gasteiger partial charge in [0, 0.05) is 0 Å². The number of rotatable bonds is 6. The number of carboxylic acids is 1. The highest BCUT2D eigenvalue weighted by atomic mass is 19.1. The number of benzene rings is 1. The molecule has 1 aromatic carbocycles. The highest BCUT2D eigenvalue weighted by molar-refractivity contribution is 5.75. The molecule has 0 spiro atoms. The summed E-state index contributed by atoms with van der Waals surface area (Å²) in [5.74, 6) is -1.39. The molecule has 1 aliphatic rings. The van der Waals surface area contributed by atoms with Crippen molar-refractivity contribution in [3.05, 3.63) is 47.3 Å². The number of allylic oxidation sites excluding steroid dienone is 1. The van der Waals surface area contributed by atoms with Crippen molar-refractivity contribution in [2.24, 2.45) is 0 Å². The Labute approximate surface area is 118 Å². The van der Waals surface area contributed by atoms with Gasteiger partial charge < -0.3 is 10.4 Å². The van der Waals surface area contributed by atoms with E-state index in [2.05, 4.69) is 11.4 Å². The van der Waals surface area contributed by atoms with E-state index in [0.717, 1.165) is 19.3 Å². The molecule has 20 heavy (non-hydrogen) atoms. The third kappa shape index (κ3) is 4.17. The number of carboxylic acid groups (broad SMARTS) is 1. The van der Waals surface area contributed by atoms with Gasteiger partial charge in [-0.3, -0.25) is 4.79 Å². The molecule has 1 aliphatic carbocycles. The maximum absolute atomic E-state index is 13.2. The van der Waals surface area contributed by atoms with Crippen LogP contribution in [0.5, 0.6) is 0 Å². The van der Waals surface area contributed by atoms with Crippen molar-refractivity contribution in [2.45, 2.75) is 38.1 Å². The molecule has 0 bridgehead atoms. The molecule has 0 aromatic heterocycles. The lowest BCUT2D eigenvalue weighted by atomic mass is 9.97. The van der Waals surface area contributed by atoms with E-state index in [1.54, 1.807) is 6.07 Å². The molecular weight excluding hydrogens is 257 g/mol. The monoisotopic (exact) mass is 277 g/mol. The fraction of sp³-hybridized carbons (Fsp3) is 0.438. The largest absolute Gasteiger partial charge is 0.480 e. The van der Waals surface area contributed by atoms with Crippen molar-refractivity contribution >= 4 is 5.97 Å². The van der Waals surface area contributed by atoms with Crippen molar-refractivity contribution in [3.63, 3.8) is 0 Å². The number of carbonyl (C=O) groups is 1. The summed E-state index contributed by atoms with van der Waals surface area (Å²) in [5.41, 5.74) is 1.85. The van der Waals surface area contributed by atoms with Crippen LogP contribution in [0, 0.1) is 5.82 Å². The number of aliphatic carboxylic acids is 1. The van der Waals surface area contributed by atoms with Gasteiger partial charge in [0.1, 0.15) is 11.9 Å². The highest BCUT2D eigenvalue weighted by Crippen LogP contribution is 2.20. The van der Waals surface area contributed by atoms with Gasteiger partial charge in [-0.15, -0.1) is 0 Å². The molecule has 1 atom stereocenters. The van der Waals surface area contributed by atoms with E-state index in [1.165, 1.54) is 36.6 Å². The van der Waals surface area contributed by atoms with E-state index in [0.29, 0.717) is 12.1 Å². The molecule has 1 unspecified atom stereocenters. The third-order valence-corrected chi connectivity index (χ3v) is 3.61. The Kier molecular flexibility index (Phi) is 5.30. The number of hydrogen-bond donors (Lipinski definition) is 2. The first-order valence-electron chi connectivity index (χ1n) is 7.06. The summed E-state index contributed by atoms with van der Waals surface area (Å²) in [4.78, 5) is 11.3. The molecule has 4 heteroatoms. The topological polar surface area (TPSA) is 49.3 Å². The lowest BCUT2D eigenvalue weighted by molar-refractivity contribution is -0.139.